The van der Waals surface area contributed by atoms with Gasteiger partial charge in [-0.15, -0.1) is 0 Å². The first-order chi connectivity index (χ1) is 5.58. The first-order valence-corrected chi connectivity index (χ1v) is 4.75. The number of piperidine rings is 1. The van der Waals surface area contributed by atoms with Crippen LogP contribution in [0.25, 0.3) is 0 Å². The molecule has 1 fully saturated rings. The number of hydrogen-bond donors (Lipinski definition) is 0. The molecule has 1 aliphatic rings. The Morgan fingerprint density at radius 2 is 2.25 bits per heavy atom. The molecule has 2 atom stereocenters. The van der Waals surface area contributed by atoms with Crippen LogP contribution in [0.3, 0.4) is 0 Å². The average Bonchev–Trinajstić information content (AvgIpc) is 2.02. The molecule has 12 heavy (non-hydrogen) atoms. The van der Waals surface area contributed by atoms with Crippen LogP contribution in [0.1, 0.15) is 19.8 Å². The maximum absolute atomic E-state index is 4.06. The van der Waals surface area contributed by atoms with Crippen molar-refractivity contribution in [2.24, 2.45) is 5.92 Å². The SMILES string of the molecule is C=CC(=C)[N+]1(C)CCC[C@@H](C)C1. The normalized spacial score (nSPS) is 36.0. The monoisotopic (exact) mass is 166 g/mol. The van der Waals surface area contributed by atoms with Gasteiger partial charge in [-0.1, -0.05) is 13.5 Å². The fraction of sp³-hybridized carbons (Fsp3) is 0.636. The molecular formula is C11H20N+. The highest BCUT2D eigenvalue weighted by Gasteiger charge is 2.30. The second kappa shape index (κ2) is 3.44. The molecule has 1 unspecified atom stereocenters. The van der Waals surface area contributed by atoms with Crippen LogP contribution in [-0.4, -0.2) is 24.6 Å². The number of rotatable bonds is 2. The van der Waals surface area contributed by atoms with Crippen molar-refractivity contribution >= 4 is 0 Å². The predicted molar refractivity (Wildman–Crippen MR) is 53.7 cm³/mol. The summed E-state index contributed by atoms with van der Waals surface area (Å²) < 4.78 is 1.00. The van der Waals surface area contributed by atoms with Gasteiger partial charge < -0.3 is 0 Å². The lowest BCUT2D eigenvalue weighted by Gasteiger charge is -2.40. The molecule has 68 valence electrons. The van der Waals surface area contributed by atoms with Crippen molar-refractivity contribution in [1.82, 2.24) is 0 Å². The zero-order valence-electron chi connectivity index (χ0n) is 8.34. The summed E-state index contributed by atoms with van der Waals surface area (Å²) >= 11 is 0. The molecule has 0 aromatic heterocycles. The number of hydrogen-bond acceptors (Lipinski definition) is 0. The second-order valence-electron chi connectivity index (χ2n) is 4.24. The summed E-state index contributed by atoms with van der Waals surface area (Å²) in [5.41, 5.74) is 1.17. The minimum atomic E-state index is 0.834. The van der Waals surface area contributed by atoms with Gasteiger partial charge in [-0.3, -0.25) is 4.48 Å². The van der Waals surface area contributed by atoms with Crippen molar-refractivity contribution in [3.63, 3.8) is 0 Å². The summed E-state index contributed by atoms with van der Waals surface area (Å²) in [4.78, 5) is 0. The lowest BCUT2D eigenvalue weighted by molar-refractivity contribution is -0.878. The lowest BCUT2D eigenvalue weighted by atomic mass is 9.97. The highest BCUT2D eigenvalue weighted by Crippen LogP contribution is 2.25. The summed E-state index contributed by atoms with van der Waals surface area (Å²) in [6, 6.07) is 0. The van der Waals surface area contributed by atoms with E-state index in [1.54, 1.807) is 0 Å². The summed E-state index contributed by atoms with van der Waals surface area (Å²) in [7, 11) is 2.26. The van der Waals surface area contributed by atoms with Crippen molar-refractivity contribution in [1.29, 1.82) is 0 Å². The molecule has 0 aromatic rings. The Balaban J connectivity index is 2.69. The minimum absolute atomic E-state index is 0.834. The van der Waals surface area contributed by atoms with E-state index in [0.29, 0.717) is 0 Å². The fourth-order valence-corrected chi connectivity index (χ4v) is 2.14. The van der Waals surface area contributed by atoms with Crippen LogP contribution in [0.2, 0.25) is 0 Å². The van der Waals surface area contributed by atoms with Crippen LogP contribution in [-0.2, 0) is 0 Å². The maximum Gasteiger partial charge on any atom is 0.124 e. The third kappa shape index (κ3) is 1.78. The zero-order chi connectivity index (χ0) is 9.19. The molecule has 1 heteroatoms. The van der Waals surface area contributed by atoms with Crippen LogP contribution >= 0.6 is 0 Å². The van der Waals surface area contributed by atoms with Crippen LogP contribution in [0.4, 0.5) is 0 Å². The Bertz CT molecular complexity index is 195. The van der Waals surface area contributed by atoms with E-state index in [1.807, 2.05) is 6.08 Å². The third-order valence-corrected chi connectivity index (χ3v) is 2.99. The Kier molecular flexibility index (Phi) is 2.73. The third-order valence-electron chi connectivity index (χ3n) is 2.99. The van der Waals surface area contributed by atoms with Gasteiger partial charge in [-0.2, -0.15) is 0 Å². The molecule has 0 spiro atoms. The van der Waals surface area contributed by atoms with E-state index in [0.717, 1.165) is 10.4 Å². The van der Waals surface area contributed by atoms with Crippen molar-refractivity contribution in [2.75, 3.05) is 20.1 Å². The van der Waals surface area contributed by atoms with Gasteiger partial charge in [0.05, 0.1) is 20.1 Å². The van der Waals surface area contributed by atoms with E-state index in [4.69, 9.17) is 0 Å². The van der Waals surface area contributed by atoms with Crippen molar-refractivity contribution in [3.8, 4) is 0 Å². The van der Waals surface area contributed by atoms with Crippen LogP contribution in [0.5, 0.6) is 0 Å². The Hall–Kier alpha value is -0.560. The number of nitrogens with zero attached hydrogens (tertiary/aromatic N) is 1. The van der Waals surface area contributed by atoms with Crippen LogP contribution in [0.15, 0.2) is 24.9 Å². The first kappa shape index (κ1) is 9.53. The molecule has 1 heterocycles. The molecule has 0 saturated carbocycles. The quantitative estimate of drug-likeness (QED) is 0.437. The minimum Gasteiger partial charge on any atom is -0.294 e. The van der Waals surface area contributed by atoms with Gasteiger partial charge in [0.1, 0.15) is 5.70 Å². The molecular weight excluding hydrogens is 146 g/mol. The maximum atomic E-state index is 4.06. The average molecular weight is 166 g/mol. The molecule has 0 radical (unpaired) electrons. The van der Waals surface area contributed by atoms with Crippen molar-refractivity contribution in [2.45, 2.75) is 19.8 Å². The molecule has 0 aliphatic carbocycles. The summed E-state index contributed by atoms with van der Waals surface area (Å²) in [5, 5.41) is 0. The Labute approximate surface area is 76.0 Å². The largest absolute Gasteiger partial charge is 0.294 e. The van der Waals surface area contributed by atoms with Crippen molar-refractivity contribution in [3.05, 3.63) is 24.9 Å². The number of likely N-dealkylation sites (N-methyl/N-ethyl adjacent to an activating group) is 1. The van der Waals surface area contributed by atoms with Crippen LogP contribution < -0.4 is 0 Å². The first-order valence-electron chi connectivity index (χ1n) is 4.75. The lowest BCUT2D eigenvalue weighted by Crippen LogP contribution is -2.48. The van der Waals surface area contributed by atoms with E-state index in [2.05, 4.69) is 27.1 Å². The van der Waals surface area contributed by atoms with Gasteiger partial charge in [-0.25, -0.2) is 0 Å². The molecule has 1 saturated heterocycles. The van der Waals surface area contributed by atoms with Gasteiger partial charge in [0.25, 0.3) is 0 Å². The number of likely N-dealkylation sites (tertiary alicyclic amines) is 1. The van der Waals surface area contributed by atoms with Gasteiger partial charge in [0, 0.05) is 5.92 Å². The van der Waals surface area contributed by atoms with E-state index < -0.39 is 0 Å². The van der Waals surface area contributed by atoms with Crippen LogP contribution in [0, 0.1) is 5.92 Å². The van der Waals surface area contributed by atoms with Gasteiger partial charge >= 0.3 is 0 Å². The molecule has 0 aromatic carbocycles. The summed E-state index contributed by atoms with van der Waals surface area (Å²) in [6.07, 6.45) is 4.60. The smallest absolute Gasteiger partial charge is 0.124 e. The standard InChI is InChI=1S/C11H20N/c1-5-11(3)12(4)8-6-7-10(2)9-12/h5,10H,1,3,6-9H2,2,4H3/q+1/t10-,12?/m1/s1. The summed E-state index contributed by atoms with van der Waals surface area (Å²) in [5.74, 6) is 0.834. The molecule has 1 aliphatic heterocycles. The Morgan fingerprint density at radius 1 is 1.58 bits per heavy atom. The second-order valence-corrected chi connectivity index (χ2v) is 4.24. The van der Waals surface area contributed by atoms with E-state index in [9.17, 15) is 0 Å². The zero-order valence-corrected chi connectivity index (χ0v) is 8.34. The highest BCUT2D eigenvalue weighted by molar-refractivity contribution is 5.02. The molecule has 0 bridgehead atoms. The number of allylic oxidation sites excluding steroid dienone is 1. The van der Waals surface area contributed by atoms with E-state index in [1.165, 1.54) is 31.6 Å². The topological polar surface area (TPSA) is 0 Å². The van der Waals surface area contributed by atoms with Gasteiger partial charge in [-0.05, 0) is 25.5 Å². The Morgan fingerprint density at radius 3 is 2.75 bits per heavy atom. The van der Waals surface area contributed by atoms with Gasteiger partial charge in [0.15, 0.2) is 0 Å². The fourth-order valence-electron chi connectivity index (χ4n) is 2.14. The van der Waals surface area contributed by atoms with Crippen molar-refractivity contribution < 1.29 is 4.48 Å². The van der Waals surface area contributed by atoms with E-state index >= 15 is 0 Å². The predicted octanol–water partition coefficient (Wildman–Crippen LogP) is 2.56. The summed E-state index contributed by atoms with van der Waals surface area (Å²) in [6.45, 7) is 12.6. The highest BCUT2D eigenvalue weighted by atomic mass is 15.3. The molecule has 1 rings (SSSR count). The molecule has 0 N–H and O–H groups in total. The molecule has 0 amide bonds. The number of quaternary nitrogens is 1. The van der Waals surface area contributed by atoms with Gasteiger partial charge in [0.2, 0.25) is 0 Å². The van der Waals surface area contributed by atoms with E-state index in [-0.39, 0.29) is 0 Å². The molecule has 1 nitrogen and oxygen atoms in total.